The van der Waals surface area contributed by atoms with E-state index in [0.29, 0.717) is 19.4 Å². The largest absolute Gasteiger partial charge is 0.481 e. The van der Waals surface area contributed by atoms with Crippen molar-refractivity contribution in [2.75, 3.05) is 6.54 Å². The summed E-state index contributed by atoms with van der Waals surface area (Å²) < 4.78 is 0. The van der Waals surface area contributed by atoms with E-state index in [-0.39, 0.29) is 5.92 Å². The molecule has 16 heavy (non-hydrogen) atoms. The van der Waals surface area contributed by atoms with E-state index in [1.165, 1.54) is 5.56 Å². The molecule has 1 rings (SSSR count). The molecule has 0 saturated heterocycles. The minimum Gasteiger partial charge on any atom is -0.481 e. The average molecular weight is 221 g/mol. The van der Waals surface area contributed by atoms with Gasteiger partial charge >= 0.3 is 5.97 Å². The first kappa shape index (κ1) is 12.7. The van der Waals surface area contributed by atoms with Gasteiger partial charge in [0, 0.05) is 0 Å². The highest BCUT2D eigenvalue weighted by molar-refractivity contribution is 5.70. The third kappa shape index (κ3) is 3.66. The molecule has 88 valence electrons. The minimum absolute atomic E-state index is 0.363. The van der Waals surface area contributed by atoms with Gasteiger partial charge in [-0.3, -0.25) is 4.79 Å². The highest BCUT2D eigenvalue weighted by Gasteiger charge is 2.16. The van der Waals surface area contributed by atoms with Gasteiger partial charge in [0.05, 0.1) is 5.92 Å². The molecule has 1 atom stereocenters. The van der Waals surface area contributed by atoms with E-state index in [9.17, 15) is 4.79 Å². The molecule has 3 heteroatoms. The van der Waals surface area contributed by atoms with Gasteiger partial charge in [0.15, 0.2) is 0 Å². The molecule has 1 aromatic carbocycles. The van der Waals surface area contributed by atoms with Crippen LogP contribution in [0.25, 0.3) is 0 Å². The molecule has 0 bridgehead atoms. The van der Waals surface area contributed by atoms with Crippen LogP contribution in [-0.2, 0) is 17.6 Å². The Balaban J connectivity index is 2.65. The lowest BCUT2D eigenvalue weighted by Gasteiger charge is -2.11. The standard InChI is InChI=1S/C13H19NO2/c1-2-10-3-5-11(6-4-10)9-12(7-8-14)13(15)16/h3-6,12H,2,7-9,14H2,1H3,(H,15,16). The molecular formula is C13H19NO2. The van der Waals surface area contributed by atoms with Crippen LogP contribution in [0.4, 0.5) is 0 Å². The Labute approximate surface area is 96.3 Å². The van der Waals surface area contributed by atoms with E-state index in [2.05, 4.69) is 19.1 Å². The molecule has 0 saturated carbocycles. The molecule has 0 fully saturated rings. The first-order chi connectivity index (χ1) is 7.67. The number of aliphatic carboxylic acids is 1. The molecule has 3 N–H and O–H groups in total. The maximum absolute atomic E-state index is 11.0. The molecular weight excluding hydrogens is 202 g/mol. The molecule has 0 aliphatic carbocycles. The van der Waals surface area contributed by atoms with Crippen LogP contribution in [0.5, 0.6) is 0 Å². The Morgan fingerprint density at radius 1 is 1.31 bits per heavy atom. The molecule has 0 heterocycles. The average Bonchev–Trinajstić information content (AvgIpc) is 2.29. The molecule has 0 aliphatic rings. The third-order valence-electron chi connectivity index (χ3n) is 2.78. The molecule has 0 aromatic heterocycles. The second-order valence-corrected chi connectivity index (χ2v) is 3.99. The van der Waals surface area contributed by atoms with Crippen molar-refractivity contribution >= 4 is 5.97 Å². The van der Waals surface area contributed by atoms with Crippen molar-refractivity contribution in [2.45, 2.75) is 26.2 Å². The van der Waals surface area contributed by atoms with E-state index >= 15 is 0 Å². The molecule has 1 aromatic rings. The van der Waals surface area contributed by atoms with Gasteiger partial charge < -0.3 is 10.8 Å². The van der Waals surface area contributed by atoms with Crippen LogP contribution in [0.1, 0.15) is 24.5 Å². The van der Waals surface area contributed by atoms with E-state index < -0.39 is 5.97 Å². The third-order valence-corrected chi connectivity index (χ3v) is 2.78. The zero-order chi connectivity index (χ0) is 12.0. The number of carbonyl (C=O) groups is 1. The van der Waals surface area contributed by atoms with Crippen molar-refractivity contribution in [3.63, 3.8) is 0 Å². The SMILES string of the molecule is CCc1ccc(CC(CCN)C(=O)O)cc1. The molecule has 0 radical (unpaired) electrons. The quantitative estimate of drug-likeness (QED) is 0.770. The number of rotatable bonds is 6. The normalized spacial score (nSPS) is 12.4. The van der Waals surface area contributed by atoms with E-state index in [1.54, 1.807) is 0 Å². The van der Waals surface area contributed by atoms with Gasteiger partial charge in [0.1, 0.15) is 0 Å². The van der Waals surface area contributed by atoms with Gasteiger partial charge in [0.25, 0.3) is 0 Å². The summed E-state index contributed by atoms with van der Waals surface area (Å²) in [5.41, 5.74) is 7.74. The molecule has 0 amide bonds. The molecule has 1 unspecified atom stereocenters. The highest BCUT2D eigenvalue weighted by Crippen LogP contribution is 2.13. The Kier molecular flexibility index (Phi) is 4.99. The summed E-state index contributed by atoms with van der Waals surface area (Å²) in [4.78, 5) is 11.0. The van der Waals surface area contributed by atoms with Crippen molar-refractivity contribution in [3.8, 4) is 0 Å². The van der Waals surface area contributed by atoms with Crippen LogP contribution in [0, 0.1) is 5.92 Å². The summed E-state index contributed by atoms with van der Waals surface area (Å²) in [5, 5.41) is 9.01. The number of carboxylic acids is 1. The van der Waals surface area contributed by atoms with Crippen LogP contribution in [0.15, 0.2) is 24.3 Å². The summed E-state index contributed by atoms with van der Waals surface area (Å²) in [7, 11) is 0. The van der Waals surface area contributed by atoms with Crippen LogP contribution < -0.4 is 5.73 Å². The van der Waals surface area contributed by atoms with Gasteiger partial charge in [-0.25, -0.2) is 0 Å². The Hall–Kier alpha value is -1.35. The maximum Gasteiger partial charge on any atom is 0.306 e. The predicted octanol–water partition coefficient (Wildman–Crippen LogP) is 1.84. The maximum atomic E-state index is 11.0. The fourth-order valence-corrected chi connectivity index (χ4v) is 1.71. The highest BCUT2D eigenvalue weighted by atomic mass is 16.4. The number of hydrogen-bond acceptors (Lipinski definition) is 2. The van der Waals surface area contributed by atoms with Crippen LogP contribution >= 0.6 is 0 Å². The Morgan fingerprint density at radius 3 is 2.31 bits per heavy atom. The van der Waals surface area contributed by atoms with E-state index in [0.717, 1.165) is 12.0 Å². The van der Waals surface area contributed by atoms with Crippen LogP contribution in [0.2, 0.25) is 0 Å². The van der Waals surface area contributed by atoms with Gasteiger partial charge in [-0.1, -0.05) is 31.2 Å². The van der Waals surface area contributed by atoms with Crippen molar-refractivity contribution in [3.05, 3.63) is 35.4 Å². The summed E-state index contributed by atoms with van der Waals surface area (Å²) in [6.45, 7) is 2.52. The number of carboxylic acid groups (broad SMARTS) is 1. The lowest BCUT2D eigenvalue weighted by atomic mass is 9.95. The second kappa shape index (κ2) is 6.28. The number of aryl methyl sites for hydroxylation is 1. The van der Waals surface area contributed by atoms with Crippen LogP contribution in [0.3, 0.4) is 0 Å². The van der Waals surface area contributed by atoms with E-state index in [4.69, 9.17) is 10.8 Å². The summed E-state index contributed by atoms with van der Waals surface area (Å²) >= 11 is 0. The zero-order valence-electron chi connectivity index (χ0n) is 9.65. The first-order valence-electron chi connectivity index (χ1n) is 5.68. The fourth-order valence-electron chi connectivity index (χ4n) is 1.71. The number of benzene rings is 1. The van der Waals surface area contributed by atoms with Gasteiger partial charge in [0.2, 0.25) is 0 Å². The fraction of sp³-hybridized carbons (Fsp3) is 0.462. The second-order valence-electron chi connectivity index (χ2n) is 3.99. The topological polar surface area (TPSA) is 63.3 Å². The molecule has 0 spiro atoms. The lowest BCUT2D eigenvalue weighted by molar-refractivity contribution is -0.141. The van der Waals surface area contributed by atoms with Gasteiger partial charge in [-0.15, -0.1) is 0 Å². The summed E-state index contributed by atoms with van der Waals surface area (Å²) in [5.74, 6) is -1.12. The van der Waals surface area contributed by atoms with Crippen molar-refractivity contribution < 1.29 is 9.90 Å². The Morgan fingerprint density at radius 2 is 1.88 bits per heavy atom. The van der Waals surface area contributed by atoms with Crippen molar-refractivity contribution in [1.82, 2.24) is 0 Å². The van der Waals surface area contributed by atoms with Crippen LogP contribution in [-0.4, -0.2) is 17.6 Å². The number of hydrogen-bond donors (Lipinski definition) is 2. The Bertz CT molecular complexity index is 332. The zero-order valence-corrected chi connectivity index (χ0v) is 9.65. The summed E-state index contributed by atoms with van der Waals surface area (Å²) in [6, 6.07) is 8.12. The molecule has 3 nitrogen and oxygen atoms in total. The number of nitrogens with two attached hydrogens (primary N) is 1. The monoisotopic (exact) mass is 221 g/mol. The van der Waals surface area contributed by atoms with Gasteiger partial charge in [-0.05, 0) is 36.9 Å². The van der Waals surface area contributed by atoms with Crippen molar-refractivity contribution in [2.24, 2.45) is 11.7 Å². The van der Waals surface area contributed by atoms with Crippen molar-refractivity contribution in [1.29, 1.82) is 0 Å². The molecule has 0 aliphatic heterocycles. The first-order valence-corrected chi connectivity index (χ1v) is 5.68. The minimum atomic E-state index is -0.759. The van der Waals surface area contributed by atoms with Gasteiger partial charge in [-0.2, -0.15) is 0 Å². The lowest BCUT2D eigenvalue weighted by Crippen LogP contribution is -2.20. The summed E-state index contributed by atoms with van der Waals surface area (Å²) in [6.07, 6.45) is 2.10. The van der Waals surface area contributed by atoms with E-state index in [1.807, 2.05) is 12.1 Å². The predicted molar refractivity (Wildman–Crippen MR) is 64.3 cm³/mol. The smallest absolute Gasteiger partial charge is 0.306 e.